The Labute approximate surface area is 176 Å². The molecule has 0 radical (unpaired) electrons. The molecule has 2 amide bonds. The molecule has 1 aromatic rings. The maximum atomic E-state index is 12.3. The number of rotatable bonds is 6. The summed E-state index contributed by atoms with van der Waals surface area (Å²) in [7, 11) is 1.73. The second-order valence-electron chi connectivity index (χ2n) is 7.62. The molecule has 1 aliphatic heterocycles. The molecule has 30 heavy (non-hydrogen) atoms. The van der Waals surface area contributed by atoms with Crippen LogP contribution in [-0.4, -0.2) is 59.9 Å². The second-order valence-corrected chi connectivity index (χ2v) is 7.62. The van der Waals surface area contributed by atoms with Crippen LogP contribution < -0.4 is 11.1 Å². The van der Waals surface area contributed by atoms with Gasteiger partial charge in [-0.1, -0.05) is 0 Å². The molecule has 1 aromatic heterocycles. The van der Waals surface area contributed by atoms with Crippen molar-refractivity contribution in [2.45, 2.75) is 51.7 Å². The molecule has 0 aromatic carbocycles. The predicted molar refractivity (Wildman–Crippen MR) is 114 cm³/mol. The lowest BCUT2D eigenvalue weighted by Crippen LogP contribution is -2.48. The molecule has 0 bridgehead atoms. The van der Waals surface area contributed by atoms with Crippen molar-refractivity contribution in [3.63, 3.8) is 0 Å². The first-order valence-electron chi connectivity index (χ1n) is 9.96. The van der Waals surface area contributed by atoms with Crippen molar-refractivity contribution in [3.05, 3.63) is 40.7 Å². The monoisotopic (exact) mass is 412 g/mol. The van der Waals surface area contributed by atoms with Crippen LogP contribution >= 0.6 is 0 Å². The molecule has 0 spiro atoms. The Hall–Kier alpha value is -3.07. The van der Waals surface area contributed by atoms with Crippen LogP contribution in [0, 0.1) is 6.92 Å². The van der Waals surface area contributed by atoms with E-state index in [9.17, 15) is 9.59 Å². The van der Waals surface area contributed by atoms with Gasteiger partial charge in [-0.05, 0) is 57.9 Å². The number of amides is 2. The molecule has 0 saturated heterocycles. The van der Waals surface area contributed by atoms with Gasteiger partial charge in [-0.25, -0.2) is 9.98 Å². The largest absolute Gasteiger partial charge is 0.381 e. The van der Waals surface area contributed by atoms with Gasteiger partial charge in [0.15, 0.2) is 11.6 Å². The summed E-state index contributed by atoms with van der Waals surface area (Å²) in [5.41, 5.74) is 7.84. The lowest BCUT2D eigenvalue weighted by molar-refractivity contribution is -0.122. The number of methoxy groups -OCH3 is 1. The number of pyridine rings is 1. The number of hydrogen-bond acceptors (Lipinski definition) is 7. The van der Waals surface area contributed by atoms with E-state index in [2.05, 4.69) is 22.0 Å². The van der Waals surface area contributed by atoms with E-state index >= 15 is 0 Å². The minimum absolute atomic E-state index is 0.133. The van der Waals surface area contributed by atoms with Gasteiger partial charge in [-0.3, -0.25) is 14.6 Å². The molecule has 0 atom stereocenters. The molecule has 9 heteroatoms. The van der Waals surface area contributed by atoms with E-state index in [1.165, 1.54) is 0 Å². The summed E-state index contributed by atoms with van der Waals surface area (Å²) in [5, 5.41) is 2.76. The standard InChI is InChI=1S/C21H28N6O3/c1-12-9-17(19(22)29)24-10-16(12)13(2)25-21-20(23-3)26-18(28)11-27(21)14-5-7-15(30-4)8-6-14/h9-10,14-15H,3,5-8,11H2,1-2,4H3,(H2,22,29)(H,26,28). The van der Waals surface area contributed by atoms with E-state index in [1.54, 1.807) is 19.4 Å². The third kappa shape index (κ3) is 4.56. The fraction of sp³-hybridized carbons (Fsp3) is 0.476. The van der Waals surface area contributed by atoms with Gasteiger partial charge in [-0.2, -0.15) is 0 Å². The summed E-state index contributed by atoms with van der Waals surface area (Å²) in [6.45, 7) is 7.54. The number of nitrogens with one attached hydrogen (secondary N) is 1. The van der Waals surface area contributed by atoms with Crippen molar-refractivity contribution in [1.82, 2.24) is 15.2 Å². The molecule has 2 heterocycles. The number of carbonyl (C=O) groups excluding carboxylic acids is 2. The van der Waals surface area contributed by atoms with Crippen LogP contribution in [0.25, 0.3) is 0 Å². The lowest BCUT2D eigenvalue weighted by Gasteiger charge is -2.39. The van der Waals surface area contributed by atoms with Crippen LogP contribution in [0.5, 0.6) is 0 Å². The number of nitrogens with two attached hydrogens (primary N) is 1. The molecule has 9 nitrogen and oxygen atoms in total. The van der Waals surface area contributed by atoms with Gasteiger partial charge in [0.1, 0.15) is 5.69 Å². The van der Waals surface area contributed by atoms with Crippen molar-refractivity contribution in [1.29, 1.82) is 0 Å². The quantitative estimate of drug-likeness (QED) is 0.686. The molecule has 2 aliphatic rings. The van der Waals surface area contributed by atoms with E-state index in [4.69, 9.17) is 15.5 Å². The minimum Gasteiger partial charge on any atom is -0.381 e. The summed E-state index contributed by atoms with van der Waals surface area (Å²) in [5.74, 6) is 0.222. The van der Waals surface area contributed by atoms with E-state index in [0.717, 1.165) is 36.8 Å². The summed E-state index contributed by atoms with van der Waals surface area (Å²) in [6.07, 6.45) is 5.52. The number of hydrogen-bond donors (Lipinski definition) is 2. The number of aromatic nitrogens is 1. The molecule has 3 rings (SSSR count). The summed E-state index contributed by atoms with van der Waals surface area (Å²) in [6, 6.07) is 1.81. The molecule has 1 saturated carbocycles. The number of aliphatic imine (C=N–C) groups is 2. The fourth-order valence-electron chi connectivity index (χ4n) is 4.00. The molecule has 3 N–H and O–H groups in total. The third-order valence-corrected chi connectivity index (χ3v) is 5.66. The fourth-order valence-corrected chi connectivity index (χ4v) is 4.00. The first-order chi connectivity index (χ1) is 14.3. The van der Waals surface area contributed by atoms with E-state index in [1.807, 2.05) is 18.7 Å². The maximum absolute atomic E-state index is 12.3. The first kappa shape index (κ1) is 21.6. The molecular formula is C21H28N6O3. The Morgan fingerprint density at radius 3 is 2.63 bits per heavy atom. The van der Waals surface area contributed by atoms with Crippen LogP contribution in [0.4, 0.5) is 0 Å². The van der Waals surface area contributed by atoms with Crippen LogP contribution in [0.2, 0.25) is 0 Å². The highest BCUT2D eigenvalue weighted by molar-refractivity contribution is 6.01. The average molecular weight is 412 g/mol. The second kappa shape index (κ2) is 9.17. The zero-order chi connectivity index (χ0) is 21.8. The highest BCUT2D eigenvalue weighted by atomic mass is 16.5. The molecule has 0 unspecified atom stereocenters. The first-order valence-corrected chi connectivity index (χ1v) is 9.96. The number of primary amides is 1. The highest BCUT2D eigenvalue weighted by Gasteiger charge is 2.33. The van der Waals surface area contributed by atoms with Crippen LogP contribution in [0.3, 0.4) is 0 Å². The van der Waals surface area contributed by atoms with Gasteiger partial charge in [0.2, 0.25) is 5.91 Å². The third-order valence-electron chi connectivity index (χ3n) is 5.66. The zero-order valence-corrected chi connectivity index (χ0v) is 17.6. The van der Waals surface area contributed by atoms with Gasteiger partial charge in [0.05, 0.1) is 12.6 Å². The van der Waals surface area contributed by atoms with Crippen molar-refractivity contribution >= 4 is 24.2 Å². The molecule has 160 valence electrons. The molecular weight excluding hydrogens is 384 g/mol. The van der Waals surface area contributed by atoms with Gasteiger partial charge in [-0.15, -0.1) is 0 Å². The van der Waals surface area contributed by atoms with Crippen molar-refractivity contribution in [2.75, 3.05) is 13.7 Å². The SMILES string of the molecule is C=NC1=C(N=C(C)c2cnc(C(N)=O)cc2C)N(C2CCC(OC)CC2)CC(=O)N1. The summed E-state index contributed by atoms with van der Waals surface area (Å²) < 4.78 is 5.47. The number of carbonyl (C=O) groups is 2. The Morgan fingerprint density at radius 2 is 2.07 bits per heavy atom. The smallest absolute Gasteiger partial charge is 0.267 e. The summed E-state index contributed by atoms with van der Waals surface area (Å²) >= 11 is 0. The Balaban J connectivity index is 1.95. The normalized spacial score (nSPS) is 22.7. The number of nitrogens with zero attached hydrogens (tertiary/aromatic N) is 4. The van der Waals surface area contributed by atoms with Crippen molar-refractivity contribution in [2.24, 2.45) is 15.7 Å². The van der Waals surface area contributed by atoms with Crippen LogP contribution in [0.15, 0.2) is 33.9 Å². The van der Waals surface area contributed by atoms with Gasteiger partial charge in [0, 0.05) is 30.6 Å². The highest BCUT2D eigenvalue weighted by Crippen LogP contribution is 2.30. The van der Waals surface area contributed by atoms with Gasteiger partial charge >= 0.3 is 0 Å². The van der Waals surface area contributed by atoms with E-state index in [0.29, 0.717) is 17.4 Å². The molecule has 1 fully saturated rings. The van der Waals surface area contributed by atoms with Crippen LogP contribution in [-0.2, 0) is 9.53 Å². The summed E-state index contributed by atoms with van der Waals surface area (Å²) in [4.78, 5) is 38.6. The minimum atomic E-state index is -0.576. The van der Waals surface area contributed by atoms with Crippen LogP contribution in [0.1, 0.15) is 54.2 Å². The number of ether oxygens (including phenoxy) is 1. The van der Waals surface area contributed by atoms with Gasteiger partial charge in [0.25, 0.3) is 5.91 Å². The van der Waals surface area contributed by atoms with E-state index < -0.39 is 5.91 Å². The van der Waals surface area contributed by atoms with Gasteiger partial charge < -0.3 is 20.7 Å². The van der Waals surface area contributed by atoms with E-state index in [-0.39, 0.29) is 30.3 Å². The van der Waals surface area contributed by atoms with Crippen molar-refractivity contribution in [3.8, 4) is 0 Å². The number of aryl methyl sites for hydroxylation is 1. The topological polar surface area (TPSA) is 122 Å². The predicted octanol–water partition coefficient (Wildman–Crippen LogP) is 1.51. The lowest BCUT2D eigenvalue weighted by atomic mass is 9.91. The van der Waals surface area contributed by atoms with Crippen molar-refractivity contribution < 1.29 is 14.3 Å². The zero-order valence-electron chi connectivity index (χ0n) is 17.6. The Morgan fingerprint density at radius 1 is 1.37 bits per heavy atom. The Kier molecular flexibility index (Phi) is 6.61. The average Bonchev–Trinajstić information content (AvgIpc) is 2.74. The Bertz CT molecular complexity index is 915. The molecule has 1 aliphatic carbocycles. The maximum Gasteiger partial charge on any atom is 0.267 e.